The van der Waals surface area contributed by atoms with Crippen LogP contribution in [0.4, 0.5) is 9.52 Å². The lowest BCUT2D eigenvalue weighted by atomic mass is 10.2. The molecule has 0 atom stereocenters. The van der Waals surface area contributed by atoms with Crippen molar-refractivity contribution in [2.75, 3.05) is 5.32 Å². The van der Waals surface area contributed by atoms with Gasteiger partial charge in [-0.15, -0.1) is 0 Å². The Morgan fingerprint density at radius 1 is 1.16 bits per heavy atom. The van der Waals surface area contributed by atoms with Crippen LogP contribution in [0.15, 0.2) is 42.5 Å². The predicted octanol–water partition coefficient (Wildman–Crippen LogP) is 4.36. The molecule has 0 aliphatic rings. The third-order valence-electron chi connectivity index (χ3n) is 2.90. The molecule has 1 N–H and O–H groups in total. The van der Waals surface area contributed by atoms with Crippen LogP contribution in [0.1, 0.15) is 11.1 Å². The van der Waals surface area contributed by atoms with Crippen molar-refractivity contribution >= 4 is 26.7 Å². The molecule has 1 aromatic heterocycles. The molecule has 3 aromatic rings. The van der Waals surface area contributed by atoms with Gasteiger partial charge in [-0.25, -0.2) is 9.37 Å². The zero-order chi connectivity index (χ0) is 13.2. The number of aryl methyl sites for hydroxylation is 1. The monoisotopic (exact) mass is 272 g/mol. The predicted molar refractivity (Wildman–Crippen MR) is 78.1 cm³/mol. The van der Waals surface area contributed by atoms with E-state index in [2.05, 4.69) is 29.4 Å². The standard InChI is InChI=1S/C15H13FN2S/c1-10-2-7-13-14(8-10)19-15(18-13)17-9-11-3-5-12(16)6-4-11/h2-8H,9H2,1H3,(H,17,18). The average molecular weight is 272 g/mol. The van der Waals surface area contributed by atoms with Gasteiger partial charge < -0.3 is 5.32 Å². The summed E-state index contributed by atoms with van der Waals surface area (Å²) in [6.07, 6.45) is 0. The number of nitrogens with zero attached hydrogens (tertiary/aromatic N) is 1. The van der Waals surface area contributed by atoms with Gasteiger partial charge in [0.05, 0.1) is 10.2 Å². The first kappa shape index (κ1) is 12.1. The number of benzene rings is 2. The van der Waals surface area contributed by atoms with Crippen LogP contribution in [0.25, 0.3) is 10.2 Å². The summed E-state index contributed by atoms with van der Waals surface area (Å²) in [7, 11) is 0. The van der Waals surface area contributed by atoms with Crippen LogP contribution in [0.5, 0.6) is 0 Å². The molecule has 0 saturated heterocycles. The van der Waals surface area contributed by atoms with Crippen LogP contribution in [0.2, 0.25) is 0 Å². The van der Waals surface area contributed by atoms with Gasteiger partial charge in [0.1, 0.15) is 5.82 Å². The number of nitrogens with one attached hydrogen (secondary N) is 1. The Bertz CT molecular complexity index is 704. The van der Waals surface area contributed by atoms with Gasteiger partial charge in [-0.05, 0) is 42.3 Å². The first-order valence-corrected chi connectivity index (χ1v) is 6.88. The highest BCUT2D eigenvalue weighted by Gasteiger charge is 2.03. The van der Waals surface area contributed by atoms with E-state index in [1.807, 2.05) is 6.07 Å². The highest BCUT2D eigenvalue weighted by Crippen LogP contribution is 2.26. The summed E-state index contributed by atoms with van der Waals surface area (Å²) in [6, 6.07) is 12.7. The number of aromatic nitrogens is 1. The Balaban J connectivity index is 1.76. The molecular formula is C15H13FN2S. The molecule has 19 heavy (non-hydrogen) atoms. The summed E-state index contributed by atoms with van der Waals surface area (Å²) < 4.78 is 14.0. The molecule has 0 saturated carbocycles. The van der Waals surface area contributed by atoms with E-state index in [4.69, 9.17) is 0 Å². The summed E-state index contributed by atoms with van der Waals surface area (Å²) in [4.78, 5) is 4.52. The Hall–Kier alpha value is -1.94. The van der Waals surface area contributed by atoms with Gasteiger partial charge in [0, 0.05) is 6.54 Å². The lowest BCUT2D eigenvalue weighted by Crippen LogP contribution is -1.98. The third kappa shape index (κ3) is 2.74. The van der Waals surface area contributed by atoms with E-state index in [9.17, 15) is 4.39 Å². The summed E-state index contributed by atoms with van der Waals surface area (Å²) in [6.45, 7) is 2.73. The molecular weight excluding hydrogens is 259 g/mol. The number of hydrogen-bond acceptors (Lipinski definition) is 3. The summed E-state index contributed by atoms with van der Waals surface area (Å²) >= 11 is 1.64. The summed E-state index contributed by atoms with van der Waals surface area (Å²) in [5.74, 6) is -0.209. The van der Waals surface area contributed by atoms with Crippen molar-refractivity contribution in [3.63, 3.8) is 0 Å². The van der Waals surface area contributed by atoms with Crippen molar-refractivity contribution in [1.82, 2.24) is 4.98 Å². The van der Waals surface area contributed by atoms with Gasteiger partial charge in [-0.2, -0.15) is 0 Å². The van der Waals surface area contributed by atoms with Crippen molar-refractivity contribution in [2.24, 2.45) is 0 Å². The highest BCUT2D eigenvalue weighted by molar-refractivity contribution is 7.22. The van der Waals surface area contributed by atoms with E-state index in [0.29, 0.717) is 6.54 Å². The Morgan fingerprint density at radius 2 is 1.95 bits per heavy atom. The third-order valence-corrected chi connectivity index (χ3v) is 3.88. The number of fused-ring (bicyclic) bond motifs is 1. The van der Waals surface area contributed by atoms with Crippen LogP contribution in [-0.4, -0.2) is 4.98 Å². The quantitative estimate of drug-likeness (QED) is 0.766. The molecule has 0 aliphatic heterocycles. The molecule has 0 unspecified atom stereocenters. The summed E-state index contributed by atoms with van der Waals surface area (Å²) in [5, 5.41) is 4.17. The molecule has 96 valence electrons. The van der Waals surface area contributed by atoms with Gasteiger partial charge in [0.25, 0.3) is 0 Å². The fourth-order valence-electron chi connectivity index (χ4n) is 1.89. The van der Waals surface area contributed by atoms with Crippen molar-refractivity contribution in [1.29, 1.82) is 0 Å². The van der Waals surface area contributed by atoms with Crippen LogP contribution >= 0.6 is 11.3 Å². The number of rotatable bonds is 3. The average Bonchev–Trinajstić information content (AvgIpc) is 2.80. The van der Waals surface area contributed by atoms with E-state index in [0.717, 1.165) is 16.2 Å². The molecule has 3 rings (SSSR count). The zero-order valence-corrected chi connectivity index (χ0v) is 11.3. The minimum absolute atomic E-state index is 0.209. The van der Waals surface area contributed by atoms with Crippen molar-refractivity contribution < 1.29 is 4.39 Å². The van der Waals surface area contributed by atoms with Gasteiger partial charge in [-0.1, -0.05) is 29.5 Å². The van der Waals surface area contributed by atoms with Crippen molar-refractivity contribution in [2.45, 2.75) is 13.5 Å². The SMILES string of the molecule is Cc1ccc2nc(NCc3ccc(F)cc3)sc2c1. The second kappa shape index (κ2) is 4.97. The topological polar surface area (TPSA) is 24.9 Å². The highest BCUT2D eigenvalue weighted by atomic mass is 32.1. The molecule has 0 bridgehead atoms. The maximum absolute atomic E-state index is 12.8. The molecule has 2 aromatic carbocycles. The molecule has 1 heterocycles. The Morgan fingerprint density at radius 3 is 2.74 bits per heavy atom. The number of halogens is 1. The molecule has 0 aliphatic carbocycles. The van der Waals surface area contributed by atoms with Crippen LogP contribution < -0.4 is 5.32 Å². The summed E-state index contributed by atoms with van der Waals surface area (Å²) in [5.41, 5.74) is 3.29. The fraction of sp³-hybridized carbons (Fsp3) is 0.133. The number of anilines is 1. The largest absolute Gasteiger partial charge is 0.357 e. The van der Waals surface area contributed by atoms with Gasteiger partial charge >= 0.3 is 0 Å². The molecule has 2 nitrogen and oxygen atoms in total. The van der Waals surface area contributed by atoms with Crippen molar-refractivity contribution in [3.05, 3.63) is 59.4 Å². The lowest BCUT2D eigenvalue weighted by molar-refractivity contribution is 0.627. The number of hydrogen-bond donors (Lipinski definition) is 1. The maximum atomic E-state index is 12.8. The fourth-order valence-corrected chi connectivity index (χ4v) is 2.85. The second-order valence-corrected chi connectivity index (χ2v) is 5.50. The minimum atomic E-state index is -0.209. The van der Waals surface area contributed by atoms with Gasteiger partial charge in [0.15, 0.2) is 5.13 Å². The normalized spacial score (nSPS) is 10.8. The van der Waals surface area contributed by atoms with Gasteiger partial charge in [0.2, 0.25) is 0 Å². The molecule has 0 amide bonds. The molecule has 4 heteroatoms. The first-order valence-electron chi connectivity index (χ1n) is 6.06. The Labute approximate surface area is 114 Å². The molecule has 0 spiro atoms. The zero-order valence-electron chi connectivity index (χ0n) is 10.5. The first-order chi connectivity index (χ1) is 9.20. The van der Waals surface area contributed by atoms with Gasteiger partial charge in [-0.3, -0.25) is 0 Å². The van der Waals surface area contributed by atoms with Crippen LogP contribution in [0, 0.1) is 12.7 Å². The molecule has 0 radical (unpaired) electrons. The Kier molecular flexibility index (Phi) is 3.17. The van der Waals surface area contributed by atoms with Crippen molar-refractivity contribution in [3.8, 4) is 0 Å². The van der Waals surface area contributed by atoms with E-state index >= 15 is 0 Å². The van der Waals surface area contributed by atoms with E-state index < -0.39 is 0 Å². The smallest absolute Gasteiger partial charge is 0.184 e. The number of thiazole rings is 1. The minimum Gasteiger partial charge on any atom is -0.357 e. The second-order valence-electron chi connectivity index (χ2n) is 4.47. The van der Waals surface area contributed by atoms with E-state index in [1.54, 1.807) is 23.5 Å². The van der Waals surface area contributed by atoms with E-state index in [1.165, 1.54) is 22.4 Å². The van der Waals surface area contributed by atoms with Crippen LogP contribution in [0.3, 0.4) is 0 Å². The maximum Gasteiger partial charge on any atom is 0.184 e. The lowest BCUT2D eigenvalue weighted by Gasteiger charge is -2.02. The molecule has 0 fully saturated rings. The van der Waals surface area contributed by atoms with E-state index in [-0.39, 0.29) is 5.82 Å². The van der Waals surface area contributed by atoms with Crippen LogP contribution in [-0.2, 0) is 6.54 Å².